The van der Waals surface area contributed by atoms with Gasteiger partial charge in [-0.05, 0) is 44.7 Å². The van der Waals surface area contributed by atoms with E-state index in [0.717, 1.165) is 0 Å². The smallest absolute Gasteiger partial charge is 0.393 e. The summed E-state index contributed by atoms with van der Waals surface area (Å²) >= 11 is 12.2. The Hall–Kier alpha value is -0.240. The number of alkyl halides is 5. The molecule has 1 aliphatic heterocycles. The number of aliphatic hydroxyl groups excluding tert-OH is 1. The minimum atomic E-state index is -4.94. The molecule has 1 saturated heterocycles. The van der Waals surface area contributed by atoms with Crippen molar-refractivity contribution in [1.29, 1.82) is 0 Å². The van der Waals surface area contributed by atoms with Crippen molar-refractivity contribution in [3.8, 4) is 0 Å². The van der Waals surface area contributed by atoms with Crippen molar-refractivity contribution in [2.75, 3.05) is 13.1 Å². The first-order valence-corrected chi connectivity index (χ1v) is 8.62. The minimum absolute atomic E-state index is 0.127. The largest absolute Gasteiger partial charge is 0.471 e. The number of piperidine rings is 1. The summed E-state index contributed by atoms with van der Waals surface area (Å²) in [6, 6.07) is -0.758. The SMILES string of the molecule is O=C(NC(C1CCNCC1)C1CC(Cl)C(Cl)CC1O)C(F)(F)F. The molecule has 134 valence electrons. The molecule has 5 unspecified atom stereocenters. The number of rotatable bonds is 3. The molecule has 5 atom stereocenters. The molecule has 1 saturated carbocycles. The lowest BCUT2D eigenvalue weighted by atomic mass is 9.74. The molecule has 0 aromatic rings. The van der Waals surface area contributed by atoms with E-state index in [1.807, 2.05) is 0 Å². The zero-order valence-electron chi connectivity index (χ0n) is 12.5. The summed E-state index contributed by atoms with van der Waals surface area (Å²) in [5, 5.41) is 14.7. The topological polar surface area (TPSA) is 61.4 Å². The predicted molar refractivity (Wildman–Crippen MR) is 81.6 cm³/mol. The molecule has 1 heterocycles. The summed E-state index contributed by atoms with van der Waals surface area (Å²) in [7, 11) is 0. The number of hydrogen-bond donors (Lipinski definition) is 3. The lowest BCUT2D eigenvalue weighted by molar-refractivity contribution is -0.175. The van der Waals surface area contributed by atoms with Crippen LogP contribution in [0.25, 0.3) is 0 Å². The Morgan fingerprint density at radius 2 is 1.74 bits per heavy atom. The van der Waals surface area contributed by atoms with Gasteiger partial charge in [0.1, 0.15) is 0 Å². The van der Waals surface area contributed by atoms with E-state index in [1.54, 1.807) is 0 Å². The maximum absolute atomic E-state index is 12.6. The molecule has 3 N–H and O–H groups in total. The lowest BCUT2D eigenvalue weighted by Gasteiger charge is -2.43. The number of carbonyl (C=O) groups is 1. The first-order chi connectivity index (χ1) is 10.7. The van der Waals surface area contributed by atoms with Crippen LogP contribution in [0.4, 0.5) is 13.2 Å². The third-order valence-electron chi connectivity index (χ3n) is 4.76. The fraction of sp³-hybridized carbons (Fsp3) is 0.929. The van der Waals surface area contributed by atoms with Gasteiger partial charge in [0.25, 0.3) is 0 Å². The van der Waals surface area contributed by atoms with Gasteiger partial charge >= 0.3 is 12.1 Å². The molecule has 0 bridgehead atoms. The van der Waals surface area contributed by atoms with E-state index in [1.165, 1.54) is 0 Å². The fourth-order valence-electron chi connectivity index (χ4n) is 3.51. The molecular formula is C14H21Cl2F3N2O2. The summed E-state index contributed by atoms with van der Waals surface area (Å²) in [5.74, 6) is -2.62. The van der Waals surface area contributed by atoms with Crippen LogP contribution >= 0.6 is 23.2 Å². The second-order valence-corrected chi connectivity index (χ2v) is 7.44. The molecule has 2 aliphatic rings. The molecule has 9 heteroatoms. The summed E-state index contributed by atoms with van der Waals surface area (Å²) in [6.45, 7) is 1.35. The van der Waals surface area contributed by atoms with Crippen LogP contribution in [-0.4, -0.2) is 53.2 Å². The van der Waals surface area contributed by atoms with Crippen LogP contribution in [-0.2, 0) is 4.79 Å². The first-order valence-electron chi connectivity index (χ1n) is 7.74. The third-order valence-corrected chi connectivity index (χ3v) is 5.85. The predicted octanol–water partition coefficient (Wildman–Crippen LogP) is 2.02. The highest BCUT2D eigenvalue weighted by molar-refractivity contribution is 6.30. The van der Waals surface area contributed by atoms with Crippen LogP contribution in [0.15, 0.2) is 0 Å². The summed E-state index contributed by atoms with van der Waals surface area (Å²) in [4.78, 5) is 11.4. The minimum Gasteiger partial charge on any atom is -0.393 e. The van der Waals surface area contributed by atoms with Gasteiger partial charge in [0.05, 0.1) is 16.9 Å². The van der Waals surface area contributed by atoms with E-state index in [0.29, 0.717) is 25.9 Å². The zero-order chi connectivity index (χ0) is 17.2. The number of amides is 1. The van der Waals surface area contributed by atoms with E-state index in [2.05, 4.69) is 10.6 Å². The van der Waals surface area contributed by atoms with Gasteiger partial charge in [-0.25, -0.2) is 0 Å². The van der Waals surface area contributed by atoms with E-state index >= 15 is 0 Å². The normalized spacial score (nSPS) is 34.9. The average molecular weight is 377 g/mol. The molecule has 23 heavy (non-hydrogen) atoms. The zero-order valence-corrected chi connectivity index (χ0v) is 14.0. The standard InChI is InChI=1S/C14H21Cl2F3N2O2/c15-9-5-8(11(22)6-10(9)16)12(7-1-3-20-4-2-7)21-13(23)14(17,18)19/h7-12,20,22H,1-6H2,(H,21,23). The van der Waals surface area contributed by atoms with Crippen molar-refractivity contribution in [2.45, 2.75) is 54.8 Å². The van der Waals surface area contributed by atoms with Gasteiger partial charge in [-0.15, -0.1) is 23.2 Å². The number of aliphatic hydroxyl groups is 1. The summed E-state index contributed by atoms with van der Waals surface area (Å²) < 4.78 is 37.9. The van der Waals surface area contributed by atoms with E-state index in [4.69, 9.17) is 23.2 Å². The van der Waals surface area contributed by atoms with Crippen LogP contribution in [0.1, 0.15) is 25.7 Å². The van der Waals surface area contributed by atoms with E-state index < -0.39 is 40.9 Å². The highest BCUT2D eigenvalue weighted by Crippen LogP contribution is 2.37. The molecule has 1 amide bonds. The molecule has 0 radical (unpaired) electrons. The maximum Gasteiger partial charge on any atom is 0.471 e. The molecule has 0 aromatic carbocycles. The van der Waals surface area contributed by atoms with Gasteiger partial charge in [-0.1, -0.05) is 0 Å². The Morgan fingerprint density at radius 1 is 1.17 bits per heavy atom. The Morgan fingerprint density at radius 3 is 2.30 bits per heavy atom. The number of hydrogen-bond acceptors (Lipinski definition) is 3. The Balaban J connectivity index is 2.16. The fourth-order valence-corrected chi connectivity index (χ4v) is 4.11. The Labute approximate surface area is 143 Å². The van der Waals surface area contributed by atoms with Gasteiger partial charge in [0.15, 0.2) is 0 Å². The number of halogens is 5. The summed E-state index contributed by atoms with van der Waals surface area (Å²) in [6.07, 6.45) is -4.04. The quantitative estimate of drug-likeness (QED) is 0.660. The monoisotopic (exact) mass is 376 g/mol. The first kappa shape index (κ1) is 19.1. The van der Waals surface area contributed by atoms with Crippen LogP contribution in [0.3, 0.4) is 0 Å². The lowest BCUT2D eigenvalue weighted by Crippen LogP contribution is -2.56. The van der Waals surface area contributed by atoms with Gasteiger partial charge < -0.3 is 15.7 Å². The number of nitrogens with one attached hydrogen (secondary N) is 2. The van der Waals surface area contributed by atoms with Crippen molar-refractivity contribution in [1.82, 2.24) is 10.6 Å². The van der Waals surface area contributed by atoms with Gasteiger partial charge in [0, 0.05) is 12.0 Å². The van der Waals surface area contributed by atoms with Crippen molar-refractivity contribution < 1.29 is 23.1 Å². The average Bonchev–Trinajstić information content (AvgIpc) is 2.48. The van der Waals surface area contributed by atoms with Crippen molar-refractivity contribution in [2.24, 2.45) is 11.8 Å². The highest BCUT2D eigenvalue weighted by Gasteiger charge is 2.46. The third kappa shape index (κ3) is 4.87. The molecular weight excluding hydrogens is 356 g/mol. The van der Waals surface area contributed by atoms with E-state index in [-0.39, 0.29) is 18.8 Å². The molecule has 0 spiro atoms. The van der Waals surface area contributed by atoms with Crippen molar-refractivity contribution >= 4 is 29.1 Å². The highest BCUT2D eigenvalue weighted by atomic mass is 35.5. The van der Waals surface area contributed by atoms with Crippen LogP contribution in [0.5, 0.6) is 0 Å². The Bertz CT molecular complexity index is 419. The molecule has 1 aliphatic carbocycles. The molecule has 4 nitrogen and oxygen atoms in total. The van der Waals surface area contributed by atoms with Crippen LogP contribution in [0, 0.1) is 11.8 Å². The van der Waals surface area contributed by atoms with E-state index in [9.17, 15) is 23.1 Å². The molecule has 2 rings (SSSR count). The van der Waals surface area contributed by atoms with Gasteiger partial charge in [-0.3, -0.25) is 4.79 Å². The maximum atomic E-state index is 12.6. The van der Waals surface area contributed by atoms with Crippen molar-refractivity contribution in [3.63, 3.8) is 0 Å². The van der Waals surface area contributed by atoms with Gasteiger partial charge in [0.2, 0.25) is 0 Å². The number of carbonyl (C=O) groups excluding carboxylic acids is 1. The van der Waals surface area contributed by atoms with Crippen molar-refractivity contribution in [3.05, 3.63) is 0 Å². The molecule has 0 aromatic heterocycles. The second-order valence-electron chi connectivity index (χ2n) is 6.32. The second kappa shape index (κ2) is 7.76. The van der Waals surface area contributed by atoms with Crippen LogP contribution < -0.4 is 10.6 Å². The summed E-state index contributed by atoms with van der Waals surface area (Å²) in [5.41, 5.74) is 0. The van der Waals surface area contributed by atoms with Gasteiger partial charge in [-0.2, -0.15) is 13.2 Å². The Kier molecular flexibility index (Phi) is 6.44. The van der Waals surface area contributed by atoms with Crippen LogP contribution in [0.2, 0.25) is 0 Å². The molecule has 2 fully saturated rings.